The lowest BCUT2D eigenvalue weighted by atomic mass is 9.87. The molecule has 2 rings (SSSR count). The van der Waals surface area contributed by atoms with E-state index in [1.165, 1.54) is 0 Å². The van der Waals surface area contributed by atoms with Gasteiger partial charge in [-0.05, 0) is 25.0 Å². The molecule has 17 heavy (non-hydrogen) atoms. The van der Waals surface area contributed by atoms with E-state index < -0.39 is 0 Å². The number of nitrogens with two attached hydrogens (primary N) is 1. The summed E-state index contributed by atoms with van der Waals surface area (Å²) in [5, 5.41) is 0. The van der Waals surface area contributed by atoms with Gasteiger partial charge in [-0.2, -0.15) is 0 Å². The Hall–Kier alpha value is -1.48. The molecule has 0 aliphatic carbocycles. The van der Waals surface area contributed by atoms with E-state index in [4.69, 9.17) is 5.73 Å². The fourth-order valence-electron chi connectivity index (χ4n) is 2.35. The topological polar surface area (TPSA) is 51.8 Å². The number of hydrogen-bond acceptors (Lipinski definition) is 3. The SMILES string of the molecule is CC(C)C(c1cnc2ccccc2n1)C(C)N. The van der Waals surface area contributed by atoms with E-state index in [-0.39, 0.29) is 12.0 Å². The zero-order valence-electron chi connectivity index (χ0n) is 10.6. The van der Waals surface area contributed by atoms with Crippen molar-refractivity contribution in [3.05, 3.63) is 36.2 Å². The van der Waals surface area contributed by atoms with Gasteiger partial charge in [0.2, 0.25) is 0 Å². The molecule has 0 spiro atoms. The molecule has 1 heterocycles. The second-order valence-electron chi connectivity index (χ2n) is 4.91. The Balaban J connectivity index is 2.47. The minimum atomic E-state index is 0.0884. The third-order valence-corrected chi connectivity index (χ3v) is 3.09. The summed E-state index contributed by atoms with van der Waals surface area (Å²) < 4.78 is 0. The summed E-state index contributed by atoms with van der Waals surface area (Å²) in [6.07, 6.45) is 1.86. The van der Waals surface area contributed by atoms with E-state index in [1.807, 2.05) is 37.4 Å². The molecule has 2 aromatic rings. The van der Waals surface area contributed by atoms with Crippen molar-refractivity contribution in [2.75, 3.05) is 0 Å². The molecule has 0 aliphatic heterocycles. The average Bonchev–Trinajstić information content (AvgIpc) is 2.28. The fourth-order valence-corrected chi connectivity index (χ4v) is 2.35. The molecule has 2 unspecified atom stereocenters. The number of aromatic nitrogens is 2. The van der Waals surface area contributed by atoms with Gasteiger partial charge in [-0.25, -0.2) is 4.98 Å². The van der Waals surface area contributed by atoms with Gasteiger partial charge in [0.1, 0.15) is 0 Å². The number of para-hydroxylation sites is 2. The first-order valence-corrected chi connectivity index (χ1v) is 6.07. The molecule has 0 bridgehead atoms. The minimum absolute atomic E-state index is 0.0884. The standard InChI is InChI=1S/C14H19N3/c1-9(2)14(10(3)15)13-8-16-11-6-4-5-7-12(11)17-13/h4-10,14H,15H2,1-3H3. The van der Waals surface area contributed by atoms with E-state index in [1.54, 1.807) is 0 Å². The molecule has 90 valence electrons. The maximum Gasteiger partial charge on any atom is 0.0890 e. The van der Waals surface area contributed by atoms with Crippen molar-refractivity contribution in [3.63, 3.8) is 0 Å². The first-order valence-electron chi connectivity index (χ1n) is 6.07. The van der Waals surface area contributed by atoms with E-state index >= 15 is 0 Å². The van der Waals surface area contributed by atoms with Crippen LogP contribution < -0.4 is 5.73 Å². The van der Waals surface area contributed by atoms with Crippen LogP contribution in [0.5, 0.6) is 0 Å². The Bertz CT molecular complexity index is 498. The van der Waals surface area contributed by atoms with Crippen molar-refractivity contribution in [1.82, 2.24) is 9.97 Å². The highest BCUT2D eigenvalue weighted by atomic mass is 14.8. The first kappa shape index (κ1) is 12.0. The Morgan fingerprint density at radius 3 is 2.29 bits per heavy atom. The second kappa shape index (κ2) is 4.80. The molecule has 0 fully saturated rings. The van der Waals surface area contributed by atoms with Gasteiger partial charge in [-0.1, -0.05) is 26.0 Å². The minimum Gasteiger partial charge on any atom is -0.327 e. The molecule has 0 saturated heterocycles. The van der Waals surface area contributed by atoms with Gasteiger partial charge in [0, 0.05) is 18.2 Å². The van der Waals surface area contributed by atoms with Crippen molar-refractivity contribution in [3.8, 4) is 0 Å². The molecular formula is C14H19N3. The van der Waals surface area contributed by atoms with Crippen LogP contribution in [0, 0.1) is 5.92 Å². The Morgan fingerprint density at radius 2 is 1.71 bits per heavy atom. The number of nitrogens with zero attached hydrogens (tertiary/aromatic N) is 2. The van der Waals surface area contributed by atoms with Crippen LogP contribution in [0.15, 0.2) is 30.5 Å². The maximum atomic E-state index is 6.05. The normalized spacial score (nSPS) is 15.1. The van der Waals surface area contributed by atoms with Gasteiger partial charge in [0.05, 0.1) is 16.7 Å². The molecule has 0 aliphatic rings. The van der Waals surface area contributed by atoms with Crippen LogP contribution in [0.1, 0.15) is 32.4 Å². The highest BCUT2D eigenvalue weighted by Crippen LogP contribution is 2.26. The summed E-state index contributed by atoms with van der Waals surface area (Å²) in [7, 11) is 0. The molecule has 3 nitrogen and oxygen atoms in total. The Labute approximate surface area is 102 Å². The smallest absolute Gasteiger partial charge is 0.0890 e. The van der Waals surface area contributed by atoms with Gasteiger partial charge in [-0.3, -0.25) is 4.98 Å². The summed E-state index contributed by atoms with van der Waals surface area (Å²) >= 11 is 0. The third kappa shape index (κ3) is 2.44. The number of rotatable bonds is 3. The Morgan fingerprint density at radius 1 is 1.06 bits per heavy atom. The molecule has 0 saturated carbocycles. The predicted octanol–water partition coefficient (Wildman–Crippen LogP) is 2.72. The number of fused-ring (bicyclic) bond motifs is 1. The molecule has 1 aromatic carbocycles. The van der Waals surface area contributed by atoms with Gasteiger partial charge >= 0.3 is 0 Å². The van der Waals surface area contributed by atoms with E-state index in [0.717, 1.165) is 16.7 Å². The molecule has 1 aromatic heterocycles. The molecule has 3 heteroatoms. The van der Waals surface area contributed by atoms with Crippen molar-refractivity contribution in [2.24, 2.45) is 11.7 Å². The highest BCUT2D eigenvalue weighted by Gasteiger charge is 2.21. The number of benzene rings is 1. The van der Waals surface area contributed by atoms with Crippen LogP contribution in [0.25, 0.3) is 11.0 Å². The maximum absolute atomic E-state index is 6.05. The molecule has 0 amide bonds. The lowest BCUT2D eigenvalue weighted by Crippen LogP contribution is -2.29. The van der Waals surface area contributed by atoms with Crippen molar-refractivity contribution < 1.29 is 0 Å². The van der Waals surface area contributed by atoms with Crippen molar-refractivity contribution >= 4 is 11.0 Å². The predicted molar refractivity (Wildman–Crippen MR) is 70.8 cm³/mol. The van der Waals surface area contributed by atoms with Crippen LogP contribution in [0.3, 0.4) is 0 Å². The van der Waals surface area contributed by atoms with Gasteiger partial charge in [0.15, 0.2) is 0 Å². The quantitative estimate of drug-likeness (QED) is 0.880. The van der Waals surface area contributed by atoms with Crippen LogP contribution in [0.4, 0.5) is 0 Å². The molecule has 2 N–H and O–H groups in total. The van der Waals surface area contributed by atoms with Gasteiger partial charge in [-0.15, -0.1) is 0 Å². The first-order chi connectivity index (χ1) is 8.09. The van der Waals surface area contributed by atoms with Crippen molar-refractivity contribution in [2.45, 2.75) is 32.7 Å². The summed E-state index contributed by atoms with van der Waals surface area (Å²) in [5.41, 5.74) is 8.91. The summed E-state index contributed by atoms with van der Waals surface area (Å²) in [6, 6.07) is 8.01. The fraction of sp³-hybridized carbons (Fsp3) is 0.429. The molecule has 0 radical (unpaired) electrons. The van der Waals surface area contributed by atoms with E-state index in [0.29, 0.717) is 5.92 Å². The second-order valence-corrected chi connectivity index (χ2v) is 4.91. The Kier molecular flexibility index (Phi) is 3.38. The van der Waals surface area contributed by atoms with Crippen LogP contribution in [-0.4, -0.2) is 16.0 Å². The summed E-state index contributed by atoms with van der Waals surface area (Å²) in [5.74, 6) is 0.720. The van der Waals surface area contributed by atoms with Crippen LogP contribution in [0.2, 0.25) is 0 Å². The third-order valence-electron chi connectivity index (χ3n) is 3.09. The van der Waals surface area contributed by atoms with E-state index in [9.17, 15) is 0 Å². The molecule has 2 atom stereocenters. The lowest BCUT2D eigenvalue weighted by molar-refractivity contribution is 0.427. The number of hydrogen-bond donors (Lipinski definition) is 1. The monoisotopic (exact) mass is 229 g/mol. The van der Waals surface area contributed by atoms with Gasteiger partial charge < -0.3 is 5.73 Å². The van der Waals surface area contributed by atoms with E-state index in [2.05, 4.69) is 23.8 Å². The zero-order valence-corrected chi connectivity index (χ0v) is 10.6. The highest BCUT2D eigenvalue weighted by molar-refractivity contribution is 5.73. The summed E-state index contributed by atoms with van der Waals surface area (Å²) in [4.78, 5) is 9.12. The van der Waals surface area contributed by atoms with Gasteiger partial charge in [0.25, 0.3) is 0 Å². The lowest BCUT2D eigenvalue weighted by Gasteiger charge is -2.23. The van der Waals surface area contributed by atoms with Crippen LogP contribution in [-0.2, 0) is 0 Å². The largest absolute Gasteiger partial charge is 0.327 e. The van der Waals surface area contributed by atoms with Crippen molar-refractivity contribution in [1.29, 1.82) is 0 Å². The molecular weight excluding hydrogens is 210 g/mol. The zero-order chi connectivity index (χ0) is 12.4. The van der Waals surface area contributed by atoms with Crippen LogP contribution >= 0.6 is 0 Å². The summed E-state index contributed by atoms with van der Waals surface area (Å²) in [6.45, 7) is 6.37. The average molecular weight is 229 g/mol.